The predicted molar refractivity (Wildman–Crippen MR) is 105 cm³/mol. The molecule has 3 rings (SSSR count). The van der Waals surface area contributed by atoms with Crippen molar-refractivity contribution in [3.05, 3.63) is 28.2 Å². The molecule has 2 aliphatic rings. The summed E-state index contributed by atoms with van der Waals surface area (Å²) in [6.07, 6.45) is 3.65. The number of halogens is 2. The second kappa shape index (κ2) is 8.57. The molecule has 1 aromatic carbocycles. The number of sulfonamides is 1. The van der Waals surface area contributed by atoms with E-state index in [4.69, 9.17) is 23.2 Å². The fourth-order valence-electron chi connectivity index (χ4n) is 3.98. The number of rotatable bonds is 5. The number of carboxylic acid groups (broad SMARTS) is 1. The standard InChI is InChI=1S/C18H22Cl2N2O5S/c19-11-8-12(20)10-13(9-11)28(26,27)22-7-3-6-16(22)17(23)21-15-5-2-1-4-14(15)18(24)25/h8-10,14-16H,1-7H2,(H,21,23)(H,24,25)/t14-,15-,16-/m0/s1. The maximum Gasteiger partial charge on any atom is 0.308 e. The Morgan fingerprint density at radius 1 is 1.04 bits per heavy atom. The van der Waals surface area contributed by atoms with Crippen molar-refractivity contribution >= 4 is 45.1 Å². The van der Waals surface area contributed by atoms with Crippen LogP contribution in [0.4, 0.5) is 0 Å². The lowest BCUT2D eigenvalue weighted by Gasteiger charge is -2.31. The number of nitrogens with zero attached hydrogens (tertiary/aromatic N) is 1. The average molecular weight is 449 g/mol. The van der Waals surface area contributed by atoms with Gasteiger partial charge in [0.25, 0.3) is 0 Å². The van der Waals surface area contributed by atoms with E-state index in [0.29, 0.717) is 25.7 Å². The number of hydrogen-bond acceptors (Lipinski definition) is 4. The van der Waals surface area contributed by atoms with Gasteiger partial charge in [0.05, 0.1) is 10.8 Å². The molecule has 1 aliphatic carbocycles. The van der Waals surface area contributed by atoms with Crippen LogP contribution in [-0.4, -0.2) is 48.3 Å². The van der Waals surface area contributed by atoms with Crippen LogP contribution in [0.1, 0.15) is 38.5 Å². The molecule has 10 heteroatoms. The molecule has 1 aliphatic heterocycles. The zero-order chi connectivity index (χ0) is 20.5. The molecular formula is C18H22Cl2N2O5S. The summed E-state index contributed by atoms with van der Waals surface area (Å²) >= 11 is 11.9. The van der Waals surface area contributed by atoms with Crippen LogP contribution in [0.15, 0.2) is 23.1 Å². The first kappa shape index (κ1) is 21.4. The molecule has 0 unspecified atom stereocenters. The number of carbonyl (C=O) groups is 2. The van der Waals surface area contributed by atoms with Gasteiger partial charge in [-0.3, -0.25) is 9.59 Å². The van der Waals surface area contributed by atoms with Gasteiger partial charge in [-0.05, 0) is 43.9 Å². The van der Waals surface area contributed by atoms with Crippen LogP contribution in [0.5, 0.6) is 0 Å². The number of benzene rings is 1. The van der Waals surface area contributed by atoms with E-state index < -0.39 is 39.9 Å². The van der Waals surface area contributed by atoms with E-state index in [1.165, 1.54) is 18.2 Å². The SMILES string of the molecule is O=C(O)[C@H]1CCCC[C@@H]1NC(=O)[C@@H]1CCCN1S(=O)(=O)c1cc(Cl)cc(Cl)c1. The molecule has 0 radical (unpaired) electrons. The monoisotopic (exact) mass is 448 g/mol. The molecule has 0 aromatic heterocycles. The Morgan fingerprint density at radius 2 is 1.68 bits per heavy atom. The molecule has 0 spiro atoms. The zero-order valence-electron chi connectivity index (χ0n) is 15.1. The van der Waals surface area contributed by atoms with E-state index >= 15 is 0 Å². The third kappa shape index (κ3) is 4.45. The first-order chi connectivity index (χ1) is 13.2. The number of carbonyl (C=O) groups excluding carboxylic acids is 1. The van der Waals surface area contributed by atoms with Crippen molar-refractivity contribution in [1.82, 2.24) is 9.62 Å². The van der Waals surface area contributed by atoms with Crippen LogP contribution in [0.25, 0.3) is 0 Å². The lowest BCUT2D eigenvalue weighted by Crippen LogP contribution is -2.52. The highest BCUT2D eigenvalue weighted by molar-refractivity contribution is 7.89. The van der Waals surface area contributed by atoms with Gasteiger partial charge in [0.1, 0.15) is 6.04 Å². The molecular weight excluding hydrogens is 427 g/mol. The molecule has 28 heavy (non-hydrogen) atoms. The van der Waals surface area contributed by atoms with E-state index in [9.17, 15) is 23.1 Å². The minimum absolute atomic E-state index is 0.0641. The second-order valence-corrected chi connectivity index (χ2v) is 9.99. The minimum Gasteiger partial charge on any atom is -0.481 e. The quantitative estimate of drug-likeness (QED) is 0.720. The van der Waals surface area contributed by atoms with Crippen molar-refractivity contribution in [3.63, 3.8) is 0 Å². The van der Waals surface area contributed by atoms with Gasteiger partial charge in [-0.15, -0.1) is 0 Å². The topological polar surface area (TPSA) is 104 Å². The Labute approximate surface area is 174 Å². The third-order valence-corrected chi connectivity index (χ3v) is 7.68. The lowest BCUT2D eigenvalue weighted by molar-refractivity contribution is -0.144. The summed E-state index contributed by atoms with van der Waals surface area (Å²) in [4.78, 5) is 24.2. The molecule has 7 nitrogen and oxygen atoms in total. The number of carboxylic acids is 1. The molecule has 1 heterocycles. The number of amides is 1. The fraction of sp³-hybridized carbons (Fsp3) is 0.556. The Kier molecular flexibility index (Phi) is 6.54. The van der Waals surface area contributed by atoms with Crippen molar-refractivity contribution in [2.24, 2.45) is 5.92 Å². The van der Waals surface area contributed by atoms with E-state index in [2.05, 4.69) is 5.32 Å². The summed E-state index contributed by atoms with van der Waals surface area (Å²) in [6.45, 7) is 0.206. The van der Waals surface area contributed by atoms with Crippen LogP contribution < -0.4 is 5.32 Å². The normalized spacial score (nSPS) is 26.1. The van der Waals surface area contributed by atoms with Crippen LogP contribution in [0.2, 0.25) is 10.0 Å². The number of nitrogens with one attached hydrogen (secondary N) is 1. The third-order valence-electron chi connectivity index (χ3n) is 5.36. The highest BCUT2D eigenvalue weighted by Gasteiger charge is 2.41. The number of aliphatic carboxylic acids is 1. The smallest absolute Gasteiger partial charge is 0.308 e. The fourth-order valence-corrected chi connectivity index (χ4v) is 6.36. The summed E-state index contributed by atoms with van der Waals surface area (Å²) in [5.41, 5.74) is 0. The summed E-state index contributed by atoms with van der Waals surface area (Å²) in [7, 11) is -3.96. The largest absolute Gasteiger partial charge is 0.481 e. The summed E-state index contributed by atoms with van der Waals surface area (Å²) in [5, 5.41) is 12.6. The molecule has 1 saturated heterocycles. The highest BCUT2D eigenvalue weighted by atomic mass is 35.5. The van der Waals surface area contributed by atoms with Gasteiger partial charge in [0, 0.05) is 22.6 Å². The van der Waals surface area contributed by atoms with Gasteiger partial charge in [-0.2, -0.15) is 4.31 Å². The Bertz CT molecular complexity index is 856. The van der Waals surface area contributed by atoms with Crippen LogP contribution in [0, 0.1) is 5.92 Å². The Morgan fingerprint density at radius 3 is 2.32 bits per heavy atom. The maximum absolute atomic E-state index is 13.1. The zero-order valence-corrected chi connectivity index (χ0v) is 17.4. The van der Waals surface area contributed by atoms with Crippen molar-refractivity contribution in [2.45, 2.75) is 55.5 Å². The van der Waals surface area contributed by atoms with E-state index in [-0.39, 0.29) is 21.5 Å². The molecule has 2 N–H and O–H groups in total. The van der Waals surface area contributed by atoms with Crippen LogP contribution >= 0.6 is 23.2 Å². The highest BCUT2D eigenvalue weighted by Crippen LogP contribution is 2.31. The summed E-state index contributed by atoms with van der Waals surface area (Å²) in [5.74, 6) is -2.03. The van der Waals surface area contributed by atoms with Crippen molar-refractivity contribution in [2.75, 3.05) is 6.54 Å². The van der Waals surface area contributed by atoms with Gasteiger partial charge in [-0.25, -0.2) is 8.42 Å². The molecule has 1 amide bonds. The molecule has 1 saturated carbocycles. The summed E-state index contributed by atoms with van der Waals surface area (Å²) < 4.78 is 27.3. The van der Waals surface area contributed by atoms with Crippen molar-refractivity contribution in [1.29, 1.82) is 0 Å². The van der Waals surface area contributed by atoms with Crippen molar-refractivity contribution < 1.29 is 23.1 Å². The first-order valence-corrected chi connectivity index (χ1v) is 11.4. The number of hydrogen-bond donors (Lipinski definition) is 2. The predicted octanol–water partition coefficient (Wildman–Crippen LogP) is 2.91. The van der Waals surface area contributed by atoms with Crippen LogP contribution in [0.3, 0.4) is 0 Å². The van der Waals surface area contributed by atoms with Gasteiger partial charge in [0.15, 0.2) is 0 Å². The lowest BCUT2D eigenvalue weighted by atomic mass is 9.84. The van der Waals surface area contributed by atoms with E-state index in [0.717, 1.165) is 17.1 Å². The van der Waals surface area contributed by atoms with Gasteiger partial charge in [-0.1, -0.05) is 36.0 Å². The van der Waals surface area contributed by atoms with Crippen molar-refractivity contribution in [3.8, 4) is 0 Å². The Balaban J connectivity index is 1.80. The molecule has 154 valence electrons. The molecule has 3 atom stereocenters. The van der Waals surface area contributed by atoms with Gasteiger partial charge in [0.2, 0.25) is 15.9 Å². The van der Waals surface area contributed by atoms with E-state index in [1.54, 1.807) is 0 Å². The van der Waals surface area contributed by atoms with Crippen LogP contribution in [-0.2, 0) is 19.6 Å². The average Bonchev–Trinajstić information content (AvgIpc) is 3.12. The van der Waals surface area contributed by atoms with Gasteiger partial charge < -0.3 is 10.4 Å². The minimum atomic E-state index is -3.96. The summed E-state index contributed by atoms with van der Waals surface area (Å²) in [6, 6.07) is 2.68. The molecule has 0 bridgehead atoms. The van der Waals surface area contributed by atoms with Gasteiger partial charge >= 0.3 is 5.97 Å². The second-order valence-electron chi connectivity index (χ2n) is 7.22. The molecule has 2 fully saturated rings. The first-order valence-electron chi connectivity index (χ1n) is 9.21. The molecule has 1 aromatic rings. The van der Waals surface area contributed by atoms with E-state index in [1.807, 2.05) is 0 Å². The Hall–Kier alpha value is -1.35. The maximum atomic E-state index is 13.1.